The van der Waals surface area contributed by atoms with Crippen LogP contribution in [0.4, 0.5) is 0 Å². The van der Waals surface area contributed by atoms with Gasteiger partial charge in [-0.15, -0.1) is 0 Å². The molecule has 1 N–H and O–H groups in total. The molecule has 5 nitrogen and oxygen atoms in total. The molecule has 6 heteroatoms. The fraction of sp³-hybridized carbons (Fsp3) is 0.214. The minimum atomic E-state index is -3.58. The smallest absolute Gasteiger partial charge is 0.249 e. The summed E-state index contributed by atoms with van der Waals surface area (Å²) in [6.45, 7) is 0. The standard InChI is InChI=1S/C14H16N2O3S/c1-16(20(2,18)19)14(17)13(12-9-6-10-15-12)11-7-4-3-5-8-11/h3-10,13,15H,1-2H3/t13-/m0/s1. The van der Waals surface area contributed by atoms with Crippen LogP contribution in [0.1, 0.15) is 17.2 Å². The Bertz CT molecular complexity index is 678. The van der Waals surface area contributed by atoms with Crippen molar-refractivity contribution in [1.82, 2.24) is 9.29 Å². The highest BCUT2D eigenvalue weighted by Gasteiger charge is 2.30. The Morgan fingerprint density at radius 2 is 1.80 bits per heavy atom. The Morgan fingerprint density at radius 1 is 1.15 bits per heavy atom. The van der Waals surface area contributed by atoms with Crippen molar-refractivity contribution >= 4 is 15.9 Å². The molecule has 0 aliphatic heterocycles. The minimum Gasteiger partial charge on any atom is -0.364 e. The van der Waals surface area contributed by atoms with Gasteiger partial charge in [-0.1, -0.05) is 30.3 Å². The van der Waals surface area contributed by atoms with Crippen molar-refractivity contribution < 1.29 is 13.2 Å². The highest BCUT2D eigenvalue weighted by Crippen LogP contribution is 2.25. The summed E-state index contributed by atoms with van der Waals surface area (Å²) in [6.07, 6.45) is 2.72. The first-order valence-corrected chi connectivity index (χ1v) is 7.92. The minimum absolute atomic E-state index is 0.485. The second kappa shape index (κ2) is 5.50. The molecule has 1 heterocycles. The number of hydrogen-bond acceptors (Lipinski definition) is 3. The van der Waals surface area contributed by atoms with Crippen molar-refractivity contribution in [3.8, 4) is 0 Å². The number of benzene rings is 1. The van der Waals surface area contributed by atoms with Gasteiger partial charge in [0.15, 0.2) is 0 Å². The number of nitrogens with zero attached hydrogens (tertiary/aromatic N) is 1. The topological polar surface area (TPSA) is 70.2 Å². The lowest BCUT2D eigenvalue weighted by Crippen LogP contribution is -2.36. The van der Waals surface area contributed by atoms with Crippen molar-refractivity contribution in [3.63, 3.8) is 0 Å². The van der Waals surface area contributed by atoms with E-state index >= 15 is 0 Å². The molecule has 0 saturated carbocycles. The maximum atomic E-state index is 12.5. The molecule has 0 saturated heterocycles. The number of aromatic amines is 1. The van der Waals surface area contributed by atoms with E-state index in [0.717, 1.165) is 16.1 Å². The first-order valence-electron chi connectivity index (χ1n) is 6.07. The van der Waals surface area contributed by atoms with E-state index in [1.807, 2.05) is 18.2 Å². The van der Waals surface area contributed by atoms with Crippen LogP contribution in [0.3, 0.4) is 0 Å². The molecule has 1 atom stereocenters. The Labute approximate surface area is 118 Å². The Hall–Kier alpha value is -2.08. The van der Waals surface area contributed by atoms with Crippen LogP contribution in [-0.4, -0.2) is 36.9 Å². The average molecular weight is 292 g/mol. The van der Waals surface area contributed by atoms with Crippen LogP contribution < -0.4 is 0 Å². The summed E-state index contributed by atoms with van der Waals surface area (Å²) in [5.41, 5.74) is 1.41. The third kappa shape index (κ3) is 2.91. The molecular weight excluding hydrogens is 276 g/mol. The second-order valence-electron chi connectivity index (χ2n) is 4.54. The van der Waals surface area contributed by atoms with E-state index in [2.05, 4.69) is 4.98 Å². The Kier molecular flexibility index (Phi) is 3.94. The summed E-state index contributed by atoms with van der Waals surface area (Å²) in [6, 6.07) is 12.6. The summed E-state index contributed by atoms with van der Waals surface area (Å²) < 4.78 is 23.9. The maximum absolute atomic E-state index is 12.5. The van der Waals surface area contributed by atoms with Crippen molar-refractivity contribution in [2.24, 2.45) is 0 Å². The van der Waals surface area contributed by atoms with Gasteiger partial charge >= 0.3 is 0 Å². The summed E-state index contributed by atoms with van der Waals surface area (Å²) in [7, 11) is -2.30. The zero-order chi connectivity index (χ0) is 14.8. The lowest BCUT2D eigenvalue weighted by atomic mass is 9.95. The number of carbonyl (C=O) groups is 1. The maximum Gasteiger partial charge on any atom is 0.249 e. The number of rotatable bonds is 4. The zero-order valence-electron chi connectivity index (χ0n) is 11.3. The van der Waals surface area contributed by atoms with Gasteiger partial charge in [-0.3, -0.25) is 4.79 Å². The van der Waals surface area contributed by atoms with E-state index in [-0.39, 0.29) is 0 Å². The molecule has 0 spiro atoms. The van der Waals surface area contributed by atoms with Crippen LogP contribution in [0.2, 0.25) is 0 Å². The Balaban J connectivity index is 2.46. The fourth-order valence-electron chi connectivity index (χ4n) is 1.97. The highest BCUT2D eigenvalue weighted by molar-refractivity contribution is 7.88. The van der Waals surface area contributed by atoms with E-state index in [0.29, 0.717) is 5.69 Å². The molecule has 0 fully saturated rings. The fourth-order valence-corrected chi connectivity index (χ4v) is 2.40. The normalized spacial score (nSPS) is 12.9. The van der Waals surface area contributed by atoms with Crippen molar-refractivity contribution in [1.29, 1.82) is 0 Å². The third-order valence-corrected chi connectivity index (χ3v) is 4.30. The third-order valence-electron chi connectivity index (χ3n) is 3.12. The van der Waals surface area contributed by atoms with Crippen LogP contribution >= 0.6 is 0 Å². The second-order valence-corrected chi connectivity index (χ2v) is 6.55. The molecule has 2 rings (SSSR count). The summed E-state index contributed by atoms with van der Waals surface area (Å²) in [5, 5.41) is 0. The van der Waals surface area contributed by atoms with Crippen LogP contribution in [0.15, 0.2) is 48.7 Å². The molecule has 106 valence electrons. The number of hydrogen-bond donors (Lipinski definition) is 1. The van der Waals surface area contributed by atoms with Crippen molar-refractivity contribution in [2.75, 3.05) is 13.3 Å². The zero-order valence-corrected chi connectivity index (χ0v) is 12.1. The van der Waals surface area contributed by atoms with Crippen LogP contribution in [0.5, 0.6) is 0 Å². The molecule has 1 aromatic heterocycles. The van der Waals surface area contributed by atoms with Gasteiger partial charge in [-0.25, -0.2) is 12.7 Å². The molecule has 20 heavy (non-hydrogen) atoms. The van der Waals surface area contributed by atoms with E-state index in [4.69, 9.17) is 0 Å². The van der Waals surface area contributed by atoms with Gasteiger partial charge < -0.3 is 4.98 Å². The van der Waals surface area contributed by atoms with E-state index in [1.165, 1.54) is 7.05 Å². The number of aromatic nitrogens is 1. The van der Waals surface area contributed by atoms with E-state index < -0.39 is 21.8 Å². The number of carbonyl (C=O) groups excluding carboxylic acids is 1. The SMILES string of the molecule is CN(C(=O)[C@@H](c1ccccc1)c1ccc[nH]1)S(C)(=O)=O. The van der Waals surface area contributed by atoms with Crippen LogP contribution in [0, 0.1) is 0 Å². The molecule has 1 aromatic carbocycles. The summed E-state index contributed by atoms with van der Waals surface area (Å²) in [5.74, 6) is -1.15. The Morgan fingerprint density at radius 3 is 2.30 bits per heavy atom. The van der Waals surface area contributed by atoms with Crippen LogP contribution in [-0.2, 0) is 14.8 Å². The molecule has 0 bridgehead atoms. The molecule has 0 unspecified atom stereocenters. The van der Waals surface area contributed by atoms with Crippen molar-refractivity contribution in [3.05, 3.63) is 59.9 Å². The van der Waals surface area contributed by atoms with Gasteiger partial charge in [0.05, 0.1) is 6.26 Å². The molecular formula is C14H16N2O3S. The number of amides is 1. The van der Waals surface area contributed by atoms with Gasteiger partial charge in [0.25, 0.3) is 0 Å². The van der Waals surface area contributed by atoms with Gasteiger partial charge in [0.1, 0.15) is 5.92 Å². The van der Waals surface area contributed by atoms with Gasteiger partial charge in [-0.05, 0) is 17.7 Å². The summed E-state index contributed by atoms with van der Waals surface area (Å²) >= 11 is 0. The number of H-pyrrole nitrogens is 1. The molecule has 0 aliphatic carbocycles. The first kappa shape index (κ1) is 14.3. The lowest BCUT2D eigenvalue weighted by molar-refractivity contribution is -0.126. The predicted octanol–water partition coefficient (Wildman–Crippen LogP) is 1.56. The molecule has 1 amide bonds. The van der Waals surface area contributed by atoms with E-state index in [9.17, 15) is 13.2 Å². The molecule has 2 aromatic rings. The van der Waals surface area contributed by atoms with Gasteiger partial charge in [-0.2, -0.15) is 0 Å². The van der Waals surface area contributed by atoms with Crippen LogP contribution in [0.25, 0.3) is 0 Å². The highest BCUT2D eigenvalue weighted by atomic mass is 32.2. The number of sulfonamides is 1. The predicted molar refractivity (Wildman–Crippen MR) is 76.7 cm³/mol. The van der Waals surface area contributed by atoms with E-state index in [1.54, 1.807) is 30.5 Å². The van der Waals surface area contributed by atoms with Crippen molar-refractivity contribution in [2.45, 2.75) is 5.92 Å². The van der Waals surface area contributed by atoms with Gasteiger partial charge in [0.2, 0.25) is 15.9 Å². The summed E-state index contributed by atoms with van der Waals surface area (Å²) in [4.78, 5) is 15.5. The van der Waals surface area contributed by atoms with Gasteiger partial charge in [0, 0.05) is 18.9 Å². The quantitative estimate of drug-likeness (QED) is 0.929. The monoisotopic (exact) mass is 292 g/mol. The average Bonchev–Trinajstić information content (AvgIpc) is 2.92. The molecule has 0 aliphatic rings. The lowest BCUT2D eigenvalue weighted by Gasteiger charge is -2.22. The largest absolute Gasteiger partial charge is 0.364 e. The number of nitrogens with one attached hydrogen (secondary N) is 1. The first-order chi connectivity index (χ1) is 9.41. The number of likely N-dealkylation sites (N-methyl/N-ethyl adjacent to an activating group) is 1. The molecule has 0 radical (unpaired) electrons.